The highest BCUT2D eigenvalue weighted by Gasteiger charge is 2.14. The summed E-state index contributed by atoms with van der Waals surface area (Å²) in [6, 6.07) is 14.8. The Balaban J connectivity index is 2.27. The van der Waals surface area contributed by atoms with Crippen LogP contribution in [0.3, 0.4) is 0 Å². The Morgan fingerprint density at radius 2 is 1.71 bits per heavy atom. The molecule has 21 heavy (non-hydrogen) atoms. The Morgan fingerprint density at radius 1 is 1.00 bits per heavy atom. The molecular weight excluding hydrogens is 268 g/mol. The van der Waals surface area contributed by atoms with Crippen molar-refractivity contribution in [3.05, 3.63) is 59.7 Å². The van der Waals surface area contributed by atoms with Crippen LogP contribution in [0, 0.1) is 0 Å². The van der Waals surface area contributed by atoms with Crippen LogP contribution in [0.15, 0.2) is 48.5 Å². The monoisotopic (exact) mass is 286 g/mol. The van der Waals surface area contributed by atoms with Gasteiger partial charge in [0.15, 0.2) is 11.5 Å². The molecule has 1 unspecified atom stereocenters. The highest BCUT2D eigenvalue weighted by atomic mass is 16.5. The van der Waals surface area contributed by atoms with E-state index in [2.05, 4.69) is 0 Å². The van der Waals surface area contributed by atoms with Crippen LogP contribution in [0.25, 0.3) is 0 Å². The van der Waals surface area contributed by atoms with Gasteiger partial charge in [0.1, 0.15) is 6.10 Å². The average Bonchev–Trinajstić information content (AvgIpc) is 2.54. The molecule has 0 aliphatic carbocycles. The highest BCUT2D eigenvalue weighted by molar-refractivity contribution is 5.90. The van der Waals surface area contributed by atoms with E-state index < -0.39 is 5.97 Å². The van der Waals surface area contributed by atoms with Gasteiger partial charge in [-0.25, -0.2) is 4.79 Å². The smallest absolute Gasteiger partial charge is 0.337 e. The third kappa shape index (κ3) is 3.54. The van der Waals surface area contributed by atoms with Gasteiger partial charge in [0.2, 0.25) is 0 Å². The van der Waals surface area contributed by atoms with Crippen LogP contribution in [0.4, 0.5) is 0 Å². The summed E-state index contributed by atoms with van der Waals surface area (Å²) in [6.45, 7) is 1.94. The van der Waals surface area contributed by atoms with Crippen molar-refractivity contribution in [1.82, 2.24) is 0 Å². The van der Waals surface area contributed by atoms with Gasteiger partial charge in [-0.1, -0.05) is 30.3 Å². The standard InChI is InChI=1S/C17H18O4/c1-12(13-7-5-4-6-8-13)21-16-11-14(17(18)20-3)9-10-15(16)19-2/h4-12H,1-3H3. The average molecular weight is 286 g/mol. The maximum Gasteiger partial charge on any atom is 0.337 e. The van der Waals surface area contributed by atoms with Crippen LogP contribution < -0.4 is 9.47 Å². The number of methoxy groups -OCH3 is 2. The molecule has 0 aliphatic rings. The number of hydrogen-bond acceptors (Lipinski definition) is 4. The molecule has 0 spiro atoms. The molecule has 2 rings (SSSR count). The van der Waals surface area contributed by atoms with E-state index in [1.54, 1.807) is 25.3 Å². The quantitative estimate of drug-likeness (QED) is 0.787. The summed E-state index contributed by atoms with van der Waals surface area (Å²) in [5, 5.41) is 0. The molecule has 0 aliphatic heterocycles. The molecule has 2 aromatic rings. The van der Waals surface area contributed by atoms with E-state index in [4.69, 9.17) is 14.2 Å². The zero-order valence-corrected chi connectivity index (χ0v) is 12.3. The van der Waals surface area contributed by atoms with Crippen molar-refractivity contribution in [1.29, 1.82) is 0 Å². The van der Waals surface area contributed by atoms with Crippen molar-refractivity contribution < 1.29 is 19.0 Å². The molecule has 4 heteroatoms. The van der Waals surface area contributed by atoms with Crippen molar-refractivity contribution in [3.8, 4) is 11.5 Å². The second-order valence-electron chi connectivity index (χ2n) is 4.53. The summed E-state index contributed by atoms with van der Waals surface area (Å²) in [7, 11) is 2.91. The van der Waals surface area contributed by atoms with E-state index >= 15 is 0 Å². The first-order valence-electron chi connectivity index (χ1n) is 6.63. The summed E-state index contributed by atoms with van der Waals surface area (Å²) in [6.07, 6.45) is -0.159. The van der Waals surface area contributed by atoms with Crippen LogP contribution in [0.2, 0.25) is 0 Å². The maximum absolute atomic E-state index is 11.6. The van der Waals surface area contributed by atoms with Gasteiger partial charge in [-0.3, -0.25) is 0 Å². The van der Waals surface area contributed by atoms with Gasteiger partial charge in [-0.2, -0.15) is 0 Å². The van der Waals surface area contributed by atoms with Crippen molar-refractivity contribution in [3.63, 3.8) is 0 Å². The molecule has 0 radical (unpaired) electrons. The fourth-order valence-corrected chi connectivity index (χ4v) is 2.00. The van der Waals surface area contributed by atoms with Gasteiger partial charge in [0, 0.05) is 0 Å². The fourth-order valence-electron chi connectivity index (χ4n) is 2.00. The van der Waals surface area contributed by atoms with Crippen LogP contribution in [0.1, 0.15) is 28.9 Å². The van der Waals surface area contributed by atoms with Gasteiger partial charge < -0.3 is 14.2 Å². The Kier molecular flexibility index (Phi) is 4.82. The third-order valence-electron chi connectivity index (χ3n) is 3.16. The topological polar surface area (TPSA) is 44.8 Å². The lowest BCUT2D eigenvalue weighted by Crippen LogP contribution is -2.06. The predicted octanol–water partition coefficient (Wildman–Crippen LogP) is 3.62. The highest BCUT2D eigenvalue weighted by Crippen LogP contribution is 2.32. The SMILES string of the molecule is COC(=O)c1ccc(OC)c(OC(C)c2ccccc2)c1. The first kappa shape index (κ1) is 14.9. The van der Waals surface area contributed by atoms with E-state index in [1.807, 2.05) is 37.3 Å². The number of rotatable bonds is 5. The van der Waals surface area contributed by atoms with Gasteiger partial charge in [0.25, 0.3) is 0 Å². The van der Waals surface area contributed by atoms with Crippen molar-refractivity contribution in [2.24, 2.45) is 0 Å². The van der Waals surface area contributed by atoms with Crippen molar-refractivity contribution >= 4 is 5.97 Å². The van der Waals surface area contributed by atoms with Crippen LogP contribution >= 0.6 is 0 Å². The summed E-state index contributed by atoms with van der Waals surface area (Å²) in [5.41, 5.74) is 1.47. The zero-order chi connectivity index (χ0) is 15.2. The summed E-state index contributed by atoms with van der Waals surface area (Å²) in [4.78, 5) is 11.6. The molecule has 0 aromatic heterocycles. The number of benzene rings is 2. The number of esters is 1. The maximum atomic E-state index is 11.6. The molecule has 0 N–H and O–H groups in total. The Hall–Kier alpha value is -2.49. The molecule has 0 saturated carbocycles. The molecule has 0 heterocycles. The molecule has 0 amide bonds. The van der Waals surface area contributed by atoms with Crippen LogP contribution in [-0.2, 0) is 4.74 Å². The first-order valence-corrected chi connectivity index (χ1v) is 6.63. The molecule has 4 nitrogen and oxygen atoms in total. The Bertz CT molecular complexity index is 607. The minimum Gasteiger partial charge on any atom is -0.493 e. The van der Waals surface area contributed by atoms with Crippen LogP contribution in [-0.4, -0.2) is 20.2 Å². The molecule has 110 valence electrons. The van der Waals surface area contributed by atoms with Crippen molar-refractivity contribution in [2.75, 3.05) is 14.2 Å². The summed E-state index contributed by atoms with van der Waals surface area (Å²) < 4.78 is 15.9. The largest absolute Gasteiger partial charge is 0.493 e. The van der Waals surface area contributed by atoms with E-state index in [0.29, 0.717) is 17.1 Å². The molecule has 0 fully saturated rings. The number of ether oxygens (including phenoxy) is 3. The van der Waals surface area contributed by atoms with Gasteiger partial charge >= 0.3 is 5.97 Å². The molecular formula is C17H18O4. The number of carbonyl (C=O) groups is 1. The lowest BCUT2D eigenvalue weighted by atomic mass is 10.1. The van der Waals surface area contributed by atoms with Gasteiger partial charge in [-0.05, 0) is 30.7 Å². The second-order valence-corrected chi connectivity index (χ2v) is 4.53. The summed E-state index contributed by atoms with van der Waals surface area (Å²) in [5.74, 6) is 0.678. The minimum atomic E-state index is -0.408. The molecule has 0 bridgehead atoms. The number of carbonyl (C=O) groups excluding carboxylic acids is 1. The lowest BCUT2D eigenvalue weighted by molar-refractivity contribution is 0.0600. The Labute approximate surface area is 124 Å². The second kappa shape index (κ2) is 6.79. The fraction of sp³-hybridized carbons (Fsp3) is 0.235. The Morgan fingerprint density at radius 3 is 2.33 bits per heavy atom. The first-order chi connectivity index (χ1) is 10.2. The minimum absolute atomic E-state index is 0.159. The molecule has 1 atom stereocenters. The molecule has 0 saturated heterocycles. The van der Waals surface area contributed by atoms with E-state index in [9.17, 15) is 4.79 Å². The zero-order valence-electron chi connectivity index (χ0n) is 12.3. The predicted molar refractivity (Wildman–Crippen MR) is 79.8 cm³/mol. The van der Waals surface area contributed by atoms with E-state index in [0.717, 1.165) is 5.56 Å². The normalized spacial score (nSPS) is 11.6. The van der Waals surface area contributed by atoms with Gasteiger partial charge in [-0.15, -0.1) is 0 Å². The van der Waals surface area contributed by atoms with Gasteiger partial charge in [0.05, 0.1) is 19.8 Å². The van der Waals surface area contributed by atoms with E-state index in [1.165, 1.54) is 7.11 Å². The molecule has 2 aromatic carbocycles. The van der Waals surface area contributed by atoms with Crippen molar-refractivity contribution in [2.45, 2.75) is 13.0 Å². The van der Waals surface area contributed by atoms with E-state index in [-0.39, 0.29) is 6.10 Å². The third-order valence-corrected chi connectivity index (χ3v) is 3.16. The number of hydrogen-bond donors (Lipinski definition) is 0. The summed E-state index contributed by atoms with van der Waals surface area (Å²) >= 11 is 0. The van der Waals surface area contributed by atoms with Crippen LogP contribution in [0.5, 0.6) is 11.5 Å². The lowest BCUT2D eigenvalue weighted by Gasteiger charge is -2.17.